The maximum absolute atomic E-state index is 6.72. The molecule has 0 N–H and O–H groups in total. The molecule has 7 bridgehead atoms. The zero-order valence-electron chi connectivity index (χ0n) is 38.5. The summed E-state index contributed by atoms with van der Waals surface area (Å²) >= 11 is 0. The van der Waals surface area contributed by atoms with Gasteiger partial charge in [0, 0.05) is 44.2 Å². The molecule has 7 fully saturated rings. The van der Waals surface area contributed by atoms with Crippen molar-refractivity contribution in [2.24, 2.45) is 35.5 Å². The molecule has 0 radical (unpaired) electrons. The Balaban J connectivity index is 0.980. The standard InChI is InChI=1S/C63H55BN2O/c1-36-21-51-58-54(17-18-57-59(58)48-9-5-6-10-56(48)67-57)66(47-14-11-42(12-15-47)41-7-3-2-4-8-41)64-52-30-46(63-32-37-23-38(33-63)25-39(24-37)34-63)29-50-49-28-45(62-20-19-43-26-40(31-62)27-44(43)35-62)13-16-53(49)65(61(50)52)55(22-36)60(51)64/h2-18,21-22,28-30,37-40,43-44H,19-20,23-27,31-35H2,1H3. The smallest absolute Gasteiger partial charge is 0.333 e. The van der Waals surface area contributed by atoms with Gasteiger partial charge in [0.25, 0.3) is 0 Å². The summed E-state index contributed by atoms with van der Waals surface area (Å²) in [5.74, 6) is 5.48. The molecule has 0 saturated heterocycles. The Morgan fingerprint density at radius 1 is 0.567 bits per heavy atom. The quantitative estimate of drug-likeness (QED) is 0.164. The lowest BCUT2D eigenvalue weighted by molar-refractivity contribution is -0.00509. The summed E-state index contributed by atoms with van der Waals surface area (Å²) < 4.78 is 9.48. The fourth-order valence-electron chi connectivity index (χ4n) is 18.1. The molecular weight excluding hydrogens is 812 g/mol. The maximum atomic E-state index is 6.72. The molecule has 7 aliphatic carbocycles. The van der Waals surface area contributed by atoms with Crippen molar-refractivity contribution in [2.75, 3.05) is 4.81 Å². The van der Waals surface area contributed by atoms with Gasteiger partial charge in [-0.15, -0.1) is 0 Å². The number of benzene rings is 7. The van der Waals surface area contributed by atoms with Crippen molar-refractivity contribution in [1.29, 1.82) is 0 Å². The van der Waals surface area contributed by atoms with E-state index < -0.39 is 0 Å². The monoisotopic (exact) mass is 866 g/mol. The molecule has 9 aliphatic rings. The van der Waals surface area contributed by atoms with Gasteiger partial charge in [-0.1, -0.05) is 78.9 Å². The van der Waals surface area contributed by atoms with E-state index in [0.717, 1.165) is 46.7 Å². The molecule has 326 valence electrons. The van der Waals surface area contributed by atoms with Crippen molar-refractivity contribution >= 4 is 72.9 Å². The molecule has 0 spiro atoms. The molecule has 4 heterocycles. The summed E-state index contributed by atoms with van der Waals surface area (Å²) in [6.45, 7) is 2.32. The first kappa shape index (κ1) is 37.0. The highest BCUT2D eigenvalue weighted by atomic mass is 16.3. The van der Waals surface area contributed by atoms with Gasteiger partial charge in [-0.05, 0) is 229 Å². The van der Waals surface area contributed by atoms with E-state index in [4.69, 9.17) is 4.42 Å². The highest BCUT2D eigenvalue weighted by molar-refractivity contribution is 6.93. The van der Waals surface area contributed by atoms with Crippen LogP contribution in [0.25, 0.3) is 71.7 Å². The van der Waals surface area contributed by atoms with Crippen LogP contribution in [-0.2, 0) is 10.8 Å². The minimum absolute atomic E-state index is 0.00761. The van der Waals surface area contributed by atoms with Gasteiger partial charge in [0.15, 0.2) is 0 Å². The molecule has 7 saturated carbocycles. The van der Waals surface area contributed by atoms with Crippen LogP contribution in [0.3, 0.4) is 0 Å². The van der Waals surface area contributed by atoms with Crippen LogP contribution in [0.4, 0.5) is 11.4 Å². The van der Waals surface area contributed by atoms with Crippen LogP contribution in [-0.4, -0.2) is 11.4 Å². The van der Waals surface area contributed by atoms with Gasteiger partial charge in [0.05, 0.1) is 11.0 Å². The molecule has 3 nitrogen and oxygen atoms in total. The Bertz CT molecular complexity index is 3590. The second-order valence-electron chi connectivity index (χ2n) is 23.7. The van der Waals surface area contributed by atoms with Crippen LogP contribution >= 0.6 is 0 Å². The lowest BCUT2D eigenvalue weighted by Crippen LogP contribution is -2.61. The molecular formula is C63H55BN2O. The summed E-state index contributed by atoms with van der Waals surface area (Å²) in [7, 11) is 0. The lowest BCUT2D eigenvalue weighted by atomic mass is 9.42. The summed E-state index contributed by atoms with van der Waals surface area (Å²) in [4.78, 5) is 2.76. The van der Waals surface area contributed by atoms with Crippen LogP contribution < -0.4 is 15.7 Å². The number of fused-ring (bicyclic) bond motifs is 13. The molecule has 18 rings (SSSR count). The van der Waals surface area contributed by atoms with E-state index in [1.54, 1.807) is 11.1 Å². The number of rotatable bonds is 4. The van der Waals surface area contributed by atoms with Crippen molar-refractivity contribution in [2.45, 2.75) is 94.8 Å². The highest BCUT2D eigenvalue weighted by Crippen LogP contribution is 2.63. The van der Waals surface area contributed by atoms with E-state index >= 15 is 0 Å². The summed E-state index contributed by atoms with van der Waals surface area (Å²) in [5, 5.41) is 5.40. The van der Waals surface area contributed by atoms with Gasteiger partial charge in [0.2, 0.25) is 0 Å². The number of furan rings is 1. The van der Waals surface area contributed by atoms with Gasteiger partial charge in [-0.25, -0.2) is 0 Å². The van der Waals surface area contributed by atoms with Gasteiger partial charge in [-0.3, -0.25) is 0 Å². The van der Waals surface area contributed by atoms with Crippen molar-refractivity contribution in [3.05, 3.63) is 150 Å². The average molecular weight is 867 g/mol. The minimum Gasteiger partial charge on any atom is -0.456 e. The predicted molar refractivity (Wildman–Crippen MR) is 277 cm³/mol. The SMILES string of the molecule is Cc1cc2c3c(c1)-n1c4ccc(C56CCC7CC(CC7C5)C6)cc4c4cc(C56CC7CC(CC(C7)C5)C6)cc(c41)B3N(c1ccc(-c3ccccc3)cc1)c1ccc3oc4ccccc4c3c1-2. The van der Waals surface area contributed by atoms with Gasteiger partial charge >= 0.3 is 6.85 Å². The molecule has 4 heteroatoms. The van der Waals surface area contributed by atoms with Crippen molar-refractivity contribution in [3.63, 3.8) is 0 Å². The first-order valence-corrected chi connectivity index (χ1v) is 26.1. The Morgan fingerprint density at radius 3 is 2.13 bits per heavy atom. The lowest BCUT2D eigenvalue weighted by Gasteiger charge is -2.57. The first-order chi connectivity index (χ1) is 32.9. The topological polar surface area (TPSA) is 21.3 Å². The molecule has 2 aromatic heterocycles. The summed E-state index contributed by atoms with van der Waals surface area (Å²) in [5.41, 5.74) is 21.8. The van der Waals surface area contributed by atoms with Crippen molar-refractivity contribution in [3.8, 4) is 27.9 Å². The summed E-state index contributed by atoms with van der Waals surface area (Å²) in [6.07, 6.45) is 17.1. The summed E-state index contributed by atoms with van der Waals surface area (Å²) in [6, 6.07) is 52.3. The third kappa shape index (κ3) is 4.85. The third-order valence-corrected chi connectivity index (χ3v) is 20.1. The molecule has 7 aromatic carbocycles. The predicted octanol–water partition coefficient (Wildman–Crippen LogP) is 14.8. The fourth-order valence-corrected chi connectivity index (χ4v) is 18.1. The van der Waals surface area contributed by atoms with E-state index in [0.29, 0.717) is 5.41 Å². The molecule has 0 amide bonds. The average Bonchev–Trinajstić information content (AvgIpc) is 3.96. The number of anilines is 2. The zero-order chi connectivity index (χ0) is 43.5. The number of nitrogens with zero attached hydrogens (tertiary/aromatic N) is 2. The second kappa shape index (κ2) is 12.8. The fraction of sp³-hybridized carbons (Fsp3) is 0.333. The largest absolute Gasteiger partial charge is 0.456 e. The molecule has 67 heavy (non-hydrogen) atoms. The second-order valence-corrected chi connectivity index (χ2v) is 23.7. The van der Waals surface area contributed by atoms with E-state index in [1.807, 2.05) is 0 Å². The zero-order valence-corrected chi connectivity index (χ0v) is 38.5. The Hall–Kier alpha value is -6.00. The van der Waals surface area contributed by atoms with E-state index in [1.165, 1.54) is 165 Å². The van der Waals surface area contributed by atoms with E-state index in [9.17, 15) is 0 Å². The molecule has 4 unspecified atom stereocenters. The van der Waals surface area contributed by atoms with Crippen LogP contribution in [0.5, 0.6) is 0 Å². The molecule has 9 aromatic rings. The van der Waals surface area contributed by atoms with Crippen LogP contribution in [0.1, 0.15) is 93.7 Å². The van der Waals surface area contributed by atoms with Gasteiger partial charge in [-0.2, -0.15) is 0 Å². The number of aromatic nitrogens is 1. The Morgan fingerprint density at radius 2 is 1.30 bits per heavy atom. The van der Waals surface area contributed by atoms with Crippen LogP contribution in [0.2, 0.25) is 0 Å². The van der Waals surface area contributed by atoms with Crippen LogP contribution in [0.15, 0.2) is 138 Å². The number of aryl methyl sites for hydroxylation is 1. The van der Waals surface area contributed by atoms with Crippen molar-refractivity contribution in [1.82, 2.24) is 4.57 Å². The number of para-hydroxylation sites is 1. The van der Waals surface area contributed by atoms with Gasteiger partial charge in [0.1, 0.15) is 11.2 Å². The van der Waals surface area contributed by atoms with E-state index in [2.05, 4.69) is 150 Å². The van der Waals surface area contributed by atoms with E-state index in [-0.39, 0.29) is 12.3 Å². The third-order valence-electron chi connectivity index (χ3n) is 20.1. The first-order valence-electron chi connectivity index (χ1n) is 26.1. The van der Waals surface area contributed by atoms with Crippen molar-refractivity contribution < 1.29 is 4.42 Å². The Kier molecular flexibility index (Phi) is 7.05. The number of hydrogen-bond donors (Lipinski definition) is 0. The Labute approximate surface area is 393 Å². The maximum Gasteiger partial charge on any atom is 0.333 e. The van der Waals surface area contributed by atoms with Gasteiger partial charge < -0.3 is 13.8 Å². The molecule has 2 aliphatic heterocycles. The minimum atomic E-state index is -0.00761. The highest BCUT2D eigenvalue weighted by Gasteiger charge is 2.54. The normalized spacial score (nSPS) is 29.2. The van der Waals surface area contributed by atoms with Crippen LogP contribution in [0, 0.1) is 42.4 Å². The number of hydrogen-bond acceptors (Lipinski definition) is 2. The molecule has 4 atom stereocenters.